The number of ketones is 1. The first kappa shape index (κ1) is 16.0. The predicted molar refractivity (Wildman–Crippen MR) is 79.4 cm³/mol. The van der Waals surface area contributed by atoms with E-state index in [0.717, 1.165) is 29.2 Å². The lowest BCUT2D eigenvalue weighted by Gasteiger charge is -2.24. The third-order valence-corrected chi connectivity index (χ3v) is 3.88. The van der Waals surface area contributed by atoms with Gasteiger partial charge in [-0.1, -0.05) is 12.1 Å². The summed E-state index contributed by atoms with van der Waals surface area (Å²) in [6.45, 7) is 0. The van der Waals surface area contributed by atoms with Crippen molar-refractivity contribution in [2.75, 3.05) is 4.90 Å². The van der Waals surface area contributed by atoms with Crippen LogP contribution in [0.15, 0.2) is 48.5 Å². The van der Waals surface area contributed by atoms with Crippen molar-refractivity contribution in [1.29, 1.82) is 0 Å². The first-order chi connectivity index (χ1) is 11.3. The predicted octanol–water partition coefficient (Wildman–Crippen LogP) is 3.46. The lowest BCUT2D eigenvalue weighted by atomic mass is 10.0. The smallest absolute Gasteiger partial charge is 0.416 e. The number of phenolic OH excluding ortho intramolecular Hbond substituents is 1. The molecule has 1 heterocycles. The number of Topliss-reactive ketones (excluding diaryl/α,β-unsaturated/α-hetero) is 1. The summed E-state index contributed by atoms with van der Waals surface area (Å²) in [5.41, 5.74) is -0.0978. The number of rotatable bonds is 2. The van der Waals surface area contributed by atoms with Crippen molar-refractivity contribution >= 4 is 17.4 Å². The van der Waals surface area contributed by atoms with Gasteiger partial charge in [-0.3, -0.25) is 14.5 Å². The van der Waals surface area contributed by atoms with Crippen LogP contribution in [0.25, 0.3) is 0 Å². The summed E-state index contributed by atoms with van der Waals surface area (Å²) in [5.74, 6) is -1.42. The van der Waals surface area contributed by atoms with Crippen molar-refractivity contribution in [3.05, 3.63) is 59.7 Å². The Morgan fingerprint density at radius 1 is 1.04 bits per heavy atom. The van der Waals surface area contributed by atoms with Crippen LogP contribution in [-0.2, 0) is 15.8 Å². The fourth-order valence-corrected chi connectivity index (χ4v) is 2.74. The summed E-state index contributed by atoms with van der Waals surface area (Å²) >= 11 is 0. The standard InChI is InChI=1S/C17H12F3NO3/c18-17(19,20)11-4-6-12(7-5-11)21-14(9-15(23)16(21)24)10-2-1-3-13(22)8-10/h1-8,14,22H,9H2. The van der Waals surface area contributed by atoms with Gasteiger partial charge in [0.25, 0.3) is 5.91 Å². The molecule has 3 rings (SSSR count). The number of alkyl halides is 3. The minimum atomic E-state index is -4.48. The number of hydrogen-bond acceptors (Lipinski definition) is 3. The molecule has 0 aromatic heterocycles. The molecule has 1 fully saturated rings. The van der Waals surface area contributed by atoms with E-state index in [4.69, 9.17) is 0 Å². The van der Waals surface area contributed by atoms with E-state index < -0.39 is 29.5 Å². The molecule has 1 atom stereocenters. The molecule has 0 radical (unpaired) electrons. The normalized spacial score (nSPS) is 18.3. The zero-order chi connectivity index (χ0) is 17.5. The lowest BCUT2D eigenvalue weighted by molar-refractivity contribution is -0.137. The van der Waals surface area contributed by atoms with E-state index >= 15 is 0 Å². The minimum Gasteiger partial charge on any atom is -0.508 e. The summed E-state index contributed by atoms with van der Waals surface area (Å²) < 4.78 is 38.0. The third-order valence-electron chi connectivity index (χ3n) is 3.88. The van der Waals surface area contributed by atoms with Crippen LogP contribution in [0.2, 0.25) is 0 Å². The zero-order valence-corrected chi connectivity index (χ0v) is 12.2. The maximum Gasteiger partial charge on any atom is 0.416 e. The Morgan fingerprint density at radius 2 is 1.71 bits per heavy atom. The van der Waals surface area contributed by atoms with Gasteiger partial charge in [-0.15, -0.1) is 0 Å². The van der Waals surface area contributed by atoms with Gasteiger partial charge in [0.2, 0.25) is 5.78 Å². The monoisotopic (exact) mass is 335 g/mol. The molecule has 0 aliphatic carbocycles. The van der Waals surface area contributed by atoms with Crippen LogP contribution >= 0.6 is 0 Å². The molecule has 1 saturated heterocycles. The molecule has 1 amide bonds. The molecule has 0 saturated carbocycles. The largest absolute Gasteiger partial charge is 0.508 e. The SMILES string of the molecule is O=C1CC(c2cccc(O)c2)N(c2ccc(C(F)(F)F)cc2)C1=O. The number of benzene rings is 2. The van der Waals surface area contributed by atoms with E-state index in [2.05, 4.69) is 0 Å². The molecule has 2 aromatic rings. The van der Waals surface area contributed by atoms with E-state index in [1.165, 1.54) is 12.1 Å². The molecule has 1 aliphatic heterocycles. The number of carbonyl (C=O) groups excluding carboxylic acids is 2. The van der Waals surface area contributed by atoms with Gasteiger partial charge in [0.1, 0.15) is 5.75 Å². The minimum absolute atomic E-state index is 0.0216. The van der Waals surface area contributed by atoms with Crippen molar-refractivity contribution < 1.29 is 27.9 Å². The Hall–Kier alpha value is -2.83. The molecule has 1 aliphatic rings. The molecule has 7 heteroatoms. The second-order valence-electron chi connectivity index (χ2n) is 5.46. The Kier molecular flexibility index (Phi) is 3.79. The summed E-state index contributed by atoms with van der Waals surface area (Å²) in [6.07, 6.45) is -4.57. The van der Waals surface area contributed by atoms with Gasteiger partial charge < -0.3 is 5.11 Å². The molecule has 2 aromatic carbocycles. The topological polar surface area (TPSA) is 57.6 Å². The Bertz CT molecular complexity index is 799. The van der Waals surface area contributed by atoms with Crippen molar-refractivity contribution in [2.45, 2.75) is 18.6 Å². The highest BCUT2D eigenvalue weighted by Crippen LogP contribution is 2.38. The number of phenols is 1. The maximum absolute atomic E-state index is 12.7. The molecule has 0 spiro atoms. The highest BCUT2D eigenvalue weighted by molar-refractivity contribution is 6.44. The third kappa shape index (κ3) is 2.84. The van der Waals surface area contributed by atoms with Gasteiger partial charge in [-0.05, 0) is 42.0 Å². The van der Waals surface area contributed by atoms with Gasteiger partial charge >= 0.3 is 6.18 Å². The molecule has 4 nitrogen and oxygen atoms in total. The van der Waals surface area contributed by atoms with Gasteiger partial charge in [0.15, 0.2) is 0 Å². The molecule has 24 heavy (non-hydrogen) atoms. The molecule has 0 bridgehead atoms. The van der Waals surface area contributed by atoms with Crippen LogP contribution in [0, 0.1) is 0 Å². The number of carbonyl (C=O) groups is 2. The second kappa shape index (κ2) is 5.67. The highest BCUT2D eigenvalue weighted by atomic mass is 19.4. The fraction of sp³-hybridized carbons (Fsp3) is 0.176. The van der Waals surface area contributed by atoms with E-state index in [1.807, 2.05) is 0 Å². The quantitative estimate of drug-likeness (QED) is 0.855. The summed E-state index contributed by atoms with van der Waals surface area (Å²) in [6, 6.07) is 9.49. The van der Waals surface area contributed by atoms with Gasteiger partial charge in [-0.25, -0.2) is 0 Å². The second-order valence-corrected chi connectivity index (χ2v) is 5.46. The van der Waals surface area contributed by atoms with Crippen LogP contribution in [-0.4, -0.2) is 16.8 Å². The molecule has 1 N–H and O–H groups in total. The number of anilines is 1. The van der Waals surface area contributed by atoms with Crippen LogP contribution in [0.3, 0.4) is 0 Å². The Balaban J connectivity index is 2.00. The van der Waals surface area contributed by atoms with Gasteiger partial charge in [0.05, 0.1) is 11.6 Å². The van der Waals surface area contributed by atoms with E-state index in [-0.39, 0.29) is 17.9 Å². The summed E-state index contributed by atoms with van der Waals surface area (Å²) in [7, 11) is 0. The highest BCUT2D eigenvalue weighted by Gasteiger charge is 2.40. The number of hydrogen-bond donors (Lipinski definition) is 1. The Morgan fingerprint density at radius 3 is 2.29 bits per heavy atom. The molecule has 1 unspecified atom stereocenters. The molecular formula is C17H12F3NO3. The van der Waals surface area contributed by atoms with Gasteiger partial charge in [0, 0.05) is 12.1 Å². The van der Waals surface area contributed by atoms with Crippen molar-refractivity contribution in [2.24, 2.45) is 0 Å². The van der Waals surface area contributed by atoms with Crippen LogP contribution in [0.4, 0.5) is 18.9 Å². The average molecular weight is 335 g/mol. The summed E-state index contributed by atoms with van der Waals surface area (Å²) in [5, 5.41) is 9.57. The van der Waals surface area contributed by atoms with Crippen molar-refractivity contribution in [3.8, 4) is 5.75 Å². The molecular weight excluding hydrogens is 323 g/mol. The zero-order valence-electron chi connectivity index (χ0n) is 12.2. The first-order valence-electron chi connectivity index (χ1n) is 7.10. The average Bonchev–Trinajstić information content (AvgIpc) is 2.82. The number of nitrogens with zero attached hydrogens (tertiary/aromatic N) is 1. The number of aromatic hydroxyl groups is 1. The van der Waals surface area contributed by atoms with Gasteiger partial charge in [-0.2, -0.15) is 13.2 Å². The lowest BCUT2D eigenvalue weighted by Crippen LogP contribution is -2.29. The Labute approximate surface area is 135 Å². The summed E-state index contributed by atoms with van der Waals surface area (Å²) in [4.78, 5) is 25.1. The number of amides is 1. The fourth-order valence-electron chi connectivity index (χ4n) is 2.74. The first-order valence-corrected chi connectivity index (χ1v) is 7.10. The number of halogens is 3. The van der Waals surface area contributed by atoms with Crippen molar-refractivity contribution in [3.63, 3.8) is 0 Å². The molecule has 124 valence electrons. The maximum atomic E-state index is 12.7. The van der Waals surface area contributed by atoms with Crippen LogP contribution < -0.4 is 4.90 Å². The van der Waals surface area contributed by atoms with E-state index in [1.54, 1.807) is 12.1 Å². The van der Waals surface area contributed by atoms with E-state index in [9.17, 15) is 27.9 Å². The van der Waals surface area contributed by atoms with Crippen LogP contribution in [0.1, 0.15) is 23.6 Å². The van der Waals surface area contributed by atoms with E-state index in [0.29, 0.717) is 5.56 Å². The van der Waals surface area contributed by atoms with Crippen LogP contribution in [0.5, 0.6) is 5.75 Å². The van der Waals surface area contributed by atoms with Crippen molar-refractivity contribution in [1.82, 2.24) is 0 Å².